The van der Waals surface area contributed by atoms with Crippen LogP contribution in [0.15, 0.2) is 158 Å². The van der Waals surface area contributed by atoms with Crippen LogP contribution < -0.4 is 4.90 Å². The molecule has 0 fully saturated rings. The number of rotatable bonds is 4. The Balaban J connectivity index is 1.26. The topological polar surface area (TPSA) is 8.17 Å². The second-order valence-electron chi connectivity index (χ2n) is 11.8. The molecule has 2 nitrogen and oxygen atoms in total. The Morgan fingerprint density at radius 2 is 1.13 bits per heavy atom. The van der Waals surface area contributed by atoms with Gasteiger partial charge in [0.05, 0.1) is 0 Å². The van der Waals surface area contributed by atoms with Crippen molar-refractivity contribution >= 4 is 104 Å². The van der Waals surface area contributed by atoms with Gasteiger partial charge < -0.3 is 0 Å². The van der Waals surface area contributed by atoms with Crippen LogP contribution >= 0.6 is 11.3 Å². The molecule has 216 valence electrons. The number of benzene rings is 7. The Hall–Kier alpha value is -5.12. The van der Waals surface area contributed by atoms with Gasteiger partial charge in [0.25, 0.3) is 0 Å². The molecule has 0 atom stereocenters. The van der Waals surface area contributed by atoms with Crippen LogP contribution in [-0.2, 0) is 0 Å². The van der Waals surface area contributed by atoms with E-state index in [1.165, 1.54) is 78.3 Å². The first-order valence-electron chi connectivity index (χ1n) is 15.5. The van der Waals surface area contributed by atoms with Crippen LogP contribution in [-0.4, -0.2) is 19.1 Å². The Bertz CT molecular complexity index is 2770. The first-order chi connectivity index (χ1) is 22.8. The summed E-state index contributed by atoms with van der Waals surface area (Å²) in [7, 11) is 0. The van der Waals surface area contributed by atoms with E-state index in [9.17, 15) is 0 Å². The summed E-state index contributed by atoms with van der Waals surface area (Å²) in [4.78, 5) is 2.49. The molecular formula is C42H26N2SSe. The number of anilines is 3. The van der Waals surface area contributed by atoms with E-state index in [1.807, 2.05) is 11.3 Å². The van der Waals surface area contributed by atoms with E-state index in [1.54, 1.807) is 0 Å². The van der Waals surface area contributed by atoms with E-state index in [0.717, 1.165) is 5.69 Å². The van der Waals surface area contributed by atoms with Crippen LogP contribution in [0.1, 0.15) is 0 Å². The first-order valence-corrected chi connectivity index (χ1v) is 18.1. The molecule has 0 aliphatic heterocycles. The standard InChI is InChI=1S/C42H26N2SSe/c1-2-11-27(12-3-1)44-36-17-7-4-13-30(36)35-25-28(22-24-37(35)44)43(29-21-23-33-32-15-6-9-20-40(32)46-41(33)26-29)38-18-10-16-34-31-14-5-8-19-39(31)45-42(34)38/h1-26H. The Morgan fingerprint density at radius 3 is 2.04 bits per heavy atom. The molecule has 46 heavy (non-hydrogen) atoms. The molecule has 0 saturated carbocycles. The summed E-state index contributed by atoms with van der Waals surface area (Å²) in [6.07, 6.45) is 0. The van der Waals surface area contributed by atoms with Crippen LogP contribution in [0.3, 0.4) is 0 Å². The molecule has 10 aromatic rings. The number of thiophene rings is 1. The van der Waals surface area contributed by atoms with Gasteiger partial charge in [-0.05, 0) is 0 Å². The van der Waals surface area contributed by atoms with Gasteiger partial charge in [-0.3, -0.25) is 0 Å². The van der Waals surface area contributed by atoms with Gasteiger partial charge in [-0.15, -0.1) is 0 Å². The number of nitrogens with zero attached hydrogens (tertiary/aromatic N) is 2. The van der Waals surface area contributed by atoms with Gasteiger partial charge >= 0.3 is 271 Å². The van der Waals surface area contributed by atoms with Crippen molar-refractivity contribution < 1.29 is 0 Å². The van der Waals surface area contributed by atoms with Crippen molar-refractivity contribution in [3.63, 3.8) is 0 Å². The number of hydrogen-bond acceptors (Lipinski definition) is 2. The Labute approximate surface area is 275 Å². The van der Waals surface area contributed by atoms with Crippen LogP contribution in [0.2, 0.25) is 0 Å². The van der Waals surface area contributed by atoms with Crippen LogP contribution in [0.5, 0.6) is 0 Å². The maximum atomic E-state index is 2.49. The summed E-state index contributed by atoms with van der Waals surface area (Å²) in [6.45, 7) is 0. The van der Waals surface area contributed by atoms with Gasteiger partial charge in [0.2, 0.25) is 0 Å². The molecule has 4 heteroatoms. The van der Waals surface area contributed by atoms with Gasteiger partial charge in [0.15, 0.2) is 0 Å². The fourth-order valence-corrected chi connectivity index (χ4v) is 10.7. The molecular weight excluding hydrogens is 644 g/mol. The molecule has 0 amide bonds. The van der Waals surface area contributed by atoms with Gasteiger partial charge in [-0.2, -0.15) is 0 Å². The minimum absolute atomic E-state index is 0.282. The number of hydrogen-bond donors (Lipinski definition) is 0. The third-order valence-electron chi connectivity index (χ3n) is 9.17. The van der Waals surface area contributed by atoms with E-state index >= 15 is 0 Å². The molecule has 0 aliphatic carbocycles. The van der Waals surface area contributed by atoms with Crippen molar-refractivity contribution in [3.8, 4) is 5.69 Å². The second-order valence-corrected chi connectivity index (χ2v) is 15.1. The van der Waals surface area contributed by atoms with Crippen LogP contribution in [0.4, 0.5) is 17.1 Å². The van der Waals surface area contributed by atoms with Crippen molar-refractivity contribution in [3.05, 3.63) is 158 Å². The fraction of sp³-hybridized carbons (Fsp3) is 0. The zero-order valence-electron chi connectivity index (χ0n) is 24.7. The third kappa shape index (κ3) is 3.88. The van der Waals surface area contributed by atoms with Crippen molar-refractivity contribution in [2.45, 2.75) is 0 Å². The summed E-state index contributed by atoms with van der Waals surface area (Å²) >= 11 is 2.17. The van der Waals surface area contributed by atoms with Crippen molar-refractivity contribution in [2.75, 3.05) is 4.90 Å². The molecule has 0 N–H and O–H groups in total. The maximum absolute atomic E-state index is 2.49. The van der Waals surface area contributed by atoms with Gasteiger partial charge in [-0.25, -0.2) is 0 Å². The normalized spacial score (nSPS) is 11.9. The quantitative estimate of drug-likeness (QED) is 0.169. The zero-order valence-corrected chi connectivity index (χ0v) is 27.3. The molecule has 10 rings (SSSR count). The average Bonchev–Trinajstić information content (AvgIpc) is 3.78. The van der Waals surface area contributed by atoms with Crippen LogP contribution in [0, 0.1) is 0 Å². The average molecular weight is 670 g/mol. The van der Waals surface area contributed by atoms with Gasteiger partial charge in [-0.1, -0.05) is 6.07 Å². The number of para-hydroxylation sites is 2. The molecule has 0 unspecified atom stereocenters. The third-order valence-corrected chi connectivity index (χ3v) is 12.8. The van der Waals surface area contributed by atoms with Crippen molar-refractivity contribution in [2.24, 2.45) is 0 Å². The molecule has 0 saturated heterocycles. The van der Waals surface area contributed by atoms with Crippen LogP contribution in [0.25, 0.3) is 67.0 Å². The van der Waals surface area contributed by atoms with Gasteiger partial charge in [0.1, 0.15) is 0 Å². The molecule has 0 bridgehead atoms. The predicted octanol–water partition coefficient (Wildman–Crippen LogP) is 12.0. The summed E-state index contributed by atoms with van der Waals surface area (Å²) in [5.41, 5.74) is 7.18. The van der Waals surface area contributed by atoms with Crippen molar-refractivity contribution in [1.29, 1.82) is 0 Å². The summed E-state index contributed by atoms with van der Waals surface area (Å²) < 4.78 is 7.93. The van der Waals surface area contributed by atoms with E-state index in [0.29, 0.717) is 0 Å². The summed E-state index contributed by atoms with van der Waals surface area (Å²) in [5, 5.41) is 7.90. The summed E-state index contributed by atoms with van der Waals surface area (Å²) in [5.74, 6) is 0. The molecule has 0 aliphatic rings. The van der Waals surface area contributed by atoms with E-state index in [-0.39, 0.29) is 14.5 Å². The molecule has 3 heterocycles. The molecule has 0 radical (unpaired) electrons. The van der Waals surface area contributed by atoms with E-state index < -0.39 is 0 Å². The minimum atomic E-state index is 0.282. The number of aromatic nitrogens is 1. The van der Waals surface area contributed by atoms with Crippen molar-refractivity contribution in [1.82, 2.24) is 4.57 Å². The van der Waals surface area contributed by atoms with E-state index in [4.69, 9.17) is 0 Å². The second kappa shape index (κ2) is 10.2. The zero-order chi connectivity index (χ0) is 30.2. The first kappa shape index (κ1) is 26.1. The predicted molar refractivity (Wildman–Crippen MR) is 200 cm³/mol. The van der Waals surface area contributed by atoms with Gasteiger partial charge in [0, 0.05) is 0 Å². The SMILES string of the molecule is c1ccc(-n2c3ccccc3c3cc(N(c4ccc5c(c4)[se]c4ccccc45)c4cccc5c4sc4ccccc45)ccc32)cc1. The number of fused-ring (bicyclic) bond motifs is 9. The molecule has 3 aromatic heterocycles. The monoisotopic (exact) mass is 670 g/mol. The van der Waals surface area contributed by atoms with E-state index in [2.05, 4.69) is 167 Å². The molecule has 0 spiro atoms. The summed E-state index contributed by atoms with van der Waals surface area (Å²) in [6, 6.07) is 58.1. The fourth-order valence-electron chi connectivity index (χ4n) is 7.14. The Morgan fingerprint density at radius 1 is 0.457 bits per heavy atom. The Kier molecular flexibility index (Phi) is 5.79. The molecule has 7 aromatic carbocycles.